The molecular weight excluding hydrogens is 342 g/mol. The number of aryl methyl sites for hydroxylation is 1. The van der Waals surface area contributed by atoms with E-state index in [4.69, 9.17) is 0 Å². The monoisotopic (exact) mass is 371 g/mol. The summed E-state index contributed by atoms with van der Waals surface area (Å²) >= 11 is 0. The van der Waals surface area contributed by atoms with Gasteiger partial charge < -0.3 is 4.90 Å². The second-order valence-corrected chi connectivity index (χ2v) is 7.81. The Morgan fingerprint density at radius 3 is 2.30 bits per heavy atom. The molecule has 1 aliphatic heterocycles. The van der Waals surface area contributed by atoms with Crippen molar-refractivity contribution in [2.24, 2.45) is 5.92 Å². The highest BCUT2D eigenvalue weighted by Gasteiger charge is 2.20. The number of hydrogen-bond acceptors (Lipinski definition) is 5. The molecule has 0 N–H and O–H groups in total. The normalized spacial score (nSPS) is 16.1. The summed E-state index contributed by atoms with van der Waals surface area (Å²) in [5.74, 6) is 0.765. The maximum absolute atomic E-state index is 12.3. The first-order valence-electron chi connectivity index (χ1n) is 9.74. The van der Waals surface area contributed by atoms with Crippen molar-refractivity contribution in [3.8, 4) is 0 Å². The van der Waals surface area contributed by atoms with Crippen molar-refractivity contribution in [2.75, 3.05) is 19.6 Å². The number of nitrogens with zero attached hydrogens (tertiary/aromatic N) is 5. The summed E-state index contributed by atoms with van der Waals surface area (Å²) in [5.41, 5.74) is 1.66. The zero-order chi connectivity index (χ0) is 19.4. The van der Waals surface area contributed by atoms with E-state index in [1.165, 1.54) is 0 Å². The van der Waals surface area contributed by atoms with Gasteiger partial charge in [0.15, 0.2) is 0 Å². The Morgan fingerprint density at radius 1 is 1.00 bits per heavy atom. The minimum Gasteiger partial charge on any atom is -0.302 e. The highest BCUT2D eigenvalue weighted by molar-refractivity contribution is 5.04. The maximum Gasteiger partial charge on any atom is 0.253 e. The molecule has 7 heteroatoms. The molecule has 0 unspecified atom stereocenters. The molecule has 3 heterocycles. The molecule has 2 aromatic rings. The van der Waals surface area contributed by atoms with Gasteiger partial charge in [0, 0.05) is 37.5 Å². The second kappa shape index (κ2) is 8.61. The van der Waals surface area contributed by atoms with Gasteiger partial charge in [-0.1, -0.05) is 13.8 Å². The second-order valence-electron chi connectivity index (χ2n) is 7.81. The molecule has 1 saturated heterocycles. The van der Waals surface area contributed by atoms with Crippen LogP contribution in [-0.2, 0) is 13.1 Å². The Balaban J connectivity index is 1.49. The summed E-state index contributed by atoms with van der Waals surface area (Å²) < 4.78 is 3.41. The molecule has 146 valence electrons. The first-order valence-corrected chi connectivity index (χ1v) is 9.74. The van der Waals surface area contributed by atoms with Crippen molar-refractivity contribution < 1.29 is 0 Å². The predicted molar refractivity (Wildman–Crippen MR) is 105 cm³/mol. The largest absolute Gasteiger partial charge is 0.302 e. The summed E-state index contributed by atoms with van der Waals surface area (Å²) in [7, 11) is 0. The van der Waals surface area contributed by atoms with Gasteiger partial charge >= 0.3 is 0 Å². The van der Waals surface area contributed by atoms with Crippen molar-refractivity contribution in [1.29, 1.82) is 0 Å². The van der Waals surface area contributed by atoms with Gasteiger partial charge in [0.1, 0.15) is 0 Å². The highest BCUT2D eigenvalue weighted by atomic mass is 16.1. The zero-order valence-electron chi connectivity index (χ0n) is 16.5. The minimum atomic E-state index is 0.00843. The summed E-state index contributed by atoms with van der Waals surface area (Å²) in [5, 5.41) is 0. The van der Waals surface area contributed by atoms with Crippen LogP contribution in [0.2, 0.25) is 0 Å². The van der Waals surface area contributed by atoms with Gasteiger partial charge in [-0.3, -0.25) is 18.7 Å². The fraction of sp³-hybridized carbons (Fsp3) is 0.600. The zero-order valence-corrected chi connectivity index (χ0v) is 16.5. The minimum absolute atomic E-state index is 0.00843. The van der Waals surface area contributed by atoms with Crippen LogP contribution in [0, 0.1) is 12.8 Å². The van der Waals surface area contributed by atoms with E-state index in [2.05, 4.69) is 14.9 Å². The smallest absolute Gasteiger partial charge is 0.253 e. The van der Waals surface area contributed by atoms with E-state index in [9.17, 15) is 9.59 Å². The molecular formula is C20H29N5O2. The number of rotatable bonds is 6. The Hall–Kier alpha value is -2.28. The van der Waals surface area contributed by atoms with Crippen LogP contribution in [0.15, 0.2) is 34.4 Å². The molecule has 1 fully saturated rings. The van der Waals surface area contributed by atoms with Crippen molar-refractivity contribution >= 4 is 0 Å². The van der Waals surface area contributed by atoms with Gasteiger partial charge in [-0.2, -0.15) is 0 Å². The molecule has 0 aromatic carbocycles. The molecule has 0 spiro atoms. The van der Waals surface area contributed by atoms with Gasteiger partial charge in [0.25, 0.3) is 11.1 Å². The van der Waals surface area contributed by atoms with Crippen LogP contribution in [0.4, 0.5) is 0 Å². The summed E-state index contributed by atoms with van der Waals surface area (Å²) in [6.07, 6.45) is 5.43. The van der Waals surface area contributed by atoms with Crippen LogP contribution >= 0.6 is 0 Å². The lowest BCUT2D eigenvalue weighted by molar-refractivity contribution is 0.167. The van der Waals surface area contributed by atoms with Crippen LogP contribution in [0.25, 0.3) is 0 Å². The van der Waals surface area contributed by atoms with Crippen LogP contribution in [0.1, 0.15) is 44.0 Å². The molecule has 7 nitrogen and oxygen atoms in total. The molecule has 0 saturated carbocycles. The van der Waals surface area contributed by atoms with E-state index in [0.29, 0.717) is 12.5 Å². The SMILES string of the molecule is Cc1cc(=O)n(CCN2CCC(Cn3cnc(C(C)C)cc3=O)CC2)cn1. The van der Waals surface area contributed by atoms with Gasteiger partial charge in [-0.15, -0.1) is 0 Å². The van der Waals surface area contributed by atoms with Crippen molar-refractivity contribution in [3.63, 3.8) is 0 Å². The first-order chi connectivity index (χ1) is 12.9. The Kier molecular flexibility index (Phi) is 6.21. The summed E-state index contributed by atoms with van der Waals surface area (Å²) in [6.45, 7) is 10.1. The van der Waals surface area contributed by atoms with Crippen LogP contribution < -0.4 is 11.1 Å². The molecule has 3 rings (SSSR count). The lowest BCUT2D eigenvalue weighted by Crippen LogP contribution is -2.39. The molecule has 0 aliphatic carbocycles. The van der Waals surface area contributed by atoms with Crippen molar-refractivity contribution in [2.45, 2.75) is 52.6 Å². The van der Waals surface area contributed by atoms with Gasteiger partial charge in [0.2, 0.25) is 0 Å². The van der Waals surface area contributed by atoms with Crippen LogP contribution in [0.3, 0.4) is 0 Å². The molecule has 0 radical (unpaired) electrons. The number of aromatic nitrogens is 4. The average molecular weight is 371 g/mol. The molecule has 0 amide bonds. The summed E-state index contributed by atoms with van der Waals surface area (Å²) in [4.78, 5) is 35.2. The quantitative estimate of drug-likeness (QED) is 0.772. The predicted octanol–water partition coefficient (Wildman–Crippen LogP) is 1.64. The maximum atomic E-state index is 12.3. The number of likely N-dealkylation sites (tertiary alicyclic amines) is 1. The molecule has 1 aliphatic rings. The topological polar surface area (TPSA) is 73.0 Å². The van der Waals surface area contributed by atoms with Gasteiger partial charge in [-0.25, -0.2) is 9.97 Å². The van der Waals surface area contributed by atoms with E-state index in [0.717, 1.165) is 50.4 Å². The van der Waals surface area contributed by atoms with E-state index in [-0.39, 0.29) is 17.0 Å². The number of piperidine rings is 1. The Labute approximate surface area is 159 Å². The van der Waals surface area contributed by atoms with Crippen molar-refractivity contribution in [1.82, 2.24) is 24.0 Å². The van der Waals surface area contributed by atoms with E-state index in [1.807, 2.05) is 20.8 Å². The third-order valence-corrected chi connectivity index (χ3v) is 5.33. The van der Waals surface area contributed by atoms with Gasteiger partial charge in [-0.05, 0) is 44.7 Å². The third kappa shape index (κ3) is 5.13. The van der Waals surface area contributed by atoms with E-state index >= 15 is 0 Å². The van der Waals surface area contributed by atoms with E-state index in [1.54, 1.807) is 33.9 Å². The number of hydrogen-bond donors (Lipinski definition) is 0. The fourth-order valence-corrected chi connectivity index (χ4v) is 3.50. The van der Waals surface area contributed by atoms with Crippen LogP contribution in [-0.4, -0.2) is 43.6 Å². The highest BCUT2D eigenvalue weighted by Crippen LogP contribution is 2.18. The third-order valence-electron chi connectivity index (χ3n) is 5.33. The van der Waals surface area contributed by atoms with Gasteiger partial charge in [0.05, 0.1) is 18.3 Å². The van der Waals surface area contributed by atoms with Crippen LogP contribution in [0.5, 0.6) is 0 Å². The fourth-order valence-electron chi connectivity index (χ4n) is 3.50. The Bertz CT molecular complexity index is 878. The average Bonchev–Trinajstić information content (AvgIpc) is 2.63. The lowest BCUT2D eigenvalue weighted by atomic mass is 9.96. The molecule has 2 aromatic heterocycles. The first kappa shape index (κ1) is 19.5. The summed E-state index contributed by atoms with van der Waals surface area (Å²) in [6, 6.07) is 3.23. The van der Waals surface area contributed by atoms with Crippen molar-refractivity contribution in [3.05, 3.63) is 56.9 Å². The standard InChI is InChI=1S/C20H29N5O2/c1-15(2)18-11-20(27)25(14-22-18)12-17-4-6-23(7-5-17)8-9-24-13-21-16(3)10-19(24)26/h10-11,13-15,17H,4-9,12H2,1-3H3. The molecule has 0 bridgehead atoms. The molecule has 27 heavy (non-hydrogen) atoms. The Morgan fingerprint density at radius 2 is 1.67 bits per heavy atom. The lowest BCUT2D eigenvalue weighted by Gasteiger charge is -2.32. The molecule has 0 atom stereocenters. The van der Waals surface area contributed by atoms with E-state index < -0.39 is 0 Å².